The van der Waals surface area contributed by atoms with Crippen molar-refractivity contribution in [3.63, 3.8) is 0 Å². The van der Waals surface area contributed by atoms with E-state index in [2.05, 4.69) is 26.0 Å². The first kappa shape index (κ1) is 19.4. The number of halogens is 1. The third-order valence-corrected chi connectivity index (χ3v) is 4.80. The summed E-state index contributed by atoms with van der Waals surface area (Å²) in [5, 5.41) is 14.4. The Morgan fingerprint density at radius 3 is 2.93 bits per heavy atom. The Morgan fingerprint density at radius 1 is 1.41 bits per heavy atom. The molecule has 0 aliphatic carbocycles. The number of hydrogen-bond acceptors (Lipinski definition) is 6. The van der Waals surface area contributed by atoms with Crippen LogP contribution in [-0.4, -0.2) is 47.4 Å². The van der Waals surface area contributed by atoms with E-state index >= 15 is 0 Å². The monoisotopic (exact) mass is 392 g/mol. The molecule has 3 rings (SSSR count). The van der Waals surface area contributed by atoms with E-state index in [1.165, 1.54) is 0 Å². The van der Waals surface area contributed by atoms with E-state index in [1.807, 2.05) is 0 Å². The highest BCUT2D eigenvalue weighted by Gasteiger charge is 2.21. The Balaban J connectivity index is 1.52. The summed E-state index contributed by atoms with van der Waals surface area (Å²) in [6, 6.07) is 5.31. The lowest BCUT2D eigenvalue weighted by atomic mass is 9.98. The predicted octanol–water partition coefficient (Wildman–Crippen LogP) is 2.38. The van der Waals surface area contributed by atoms with Crippen molar-refractivity contribution in [1.82, 2.24) is 20.1 Å². The van der Waals surface area contributed by atoms with E-state index in [4.69, 9.17) is 16.3 Å². The molecule has 1 aliphatic heterocycles. The van der Waals surface area contributed by atoms with E-state index in [0.29, 0.717) is 29.2 Å². The molecule has 1 aromatic heterocycles. The van der Waals surface area contributed by atoms with E-state index < -0.39 is 0 Å². The van der Waals surface area contributed by atoms with Crippen molar-refractivity contribution in [2.24, 2.45) is 7.05 Å². The average molecular weight is 393 g/mol. The van der Waals surface area contributed by atoms with Crippen LogP contribution in [0.4, 0.5) is 11.6 Å². The van der Waals surface area contributed by atoms with Gasteiger partial charge in [-0.25, -0.2) is 4.68 Å². The number of ether oxygens (including phenoxy) is 1. The van der Waals surface area contributed by atoms with Crippen molar-refractivity contribution in [1.29, 1.82) is 0 Å². The number of piperidine rings is 1. The number of carbonyl (C=O) groups is 1. The quantitative estimate of drug-likeness (QED) is 0.670. The maximum Gasteiger partial charge on any atom is 0.228 e. The smallest absolute Gasteiger partial charge is 0.228 e. The largest absolute Gasteiger partial charge is 0.495 e. The number of aromatic nitrogens is 3. The zero-order chi connectivity index (χ0) is 19.2. The Morgan fingerprint density at radius 2 is 2.19 bits per heavy atom. The van der Waals surface area contributed by atoms with Crippen LogP contribution in [0.25, 0.3) is 0 Å². The second-order valence-corrected chi connectivity index (χ2v) is 6.95. The molecule has 0 radical (unpaired) electrons. The van der Waals surface area contributed by atoms with Crippen molar-refractivity contribution in [3.05, 3.63) is 29.0 Å². The molecule has 2 heterocycles. The second kappa shape index (κ2) is 9.05. The average Bonchev–Trinajstić information content (AvgIpc) is 3.03. The van der Waals surface area contributed by atoms with Crippen LogP contribution in [0.2, 0.25) is 5.02 Å². The minimum atomic E-state index is -0.129. The number of amides is 1. The molecule has 3 N–H and O–H groups in total. The van der Waals surface area contributed by atoms with Crippen LogP contribution in [-0.2, 0) is 11.8 Å². The first-order chi connectivity index (χ1) is 13.1. The molecule has 2 aromatic rings. The molecule has 1 saturated heterocycles. The number of hydrogen-bond donors (Lipinski definition) is 3. The Kier molecular flexibility index (Phi) is 6.52. The number of methoxy groups -OCH3 is 1. The fourth-order valence-corrected chi connectivity index (χ4v) is 3.25. The number of rotatable bonds is 7. The number of carbonyl (C=O) groups excluding carboxylic acids is 1. The van der Waals surface area contributed by atoms with Gasteiger partial charge in [0, 0.05) is 31.0 Å². The summed E-state index contributed by atoms with van der Waals surface area (Å²) >= 11 is 6.01. The summed E-state index contributed by atoms with van der Waals surface area (Å²) in [6.07, 6.45) is 2.32. The van der Waals surface area contributed by atoms with Crippen LogP contribution in [0.5, 0.6) is 5.75 Å². The lowest BCUT2D eigenvalue weighted by Gasteiger charge is -2.19. The molecular formula is C18H25ClN6O2. The normalized spacial score (nSPS) is 14.8. The summed E-state index contributed by atoms with van der Waals surface area (Å²) in [7, 11) is 3.39. The van der Waals surface area contributed by atoms with Gasteiger partial charge in [-0.15, -0.1) is 0 Å². The highest BCUT2D eigenvalue weighted by Crippen LogP contribution is 2.27. The molecule has 1 amide bonds. The van der Waals surface area contributed by atoms with Gasteiger partial charge in [0.1, 0.15) is 5.75 Å². The molecule has 0 atom stereocenters. The van der Waals surface area contributed by atoms with Crippen molar-refractivity contribution < 1.29 is 9.53 Å². The number of aryl methyl sites for hydroxylation is 1. The molecule has 1 aromatic carbocycles. The molecule has 8 nitrogen and oxygen atoms in total. The van der Waals surface area contributed by atoms with E-state index in [9.17, 15) is 4.79 Å². The summed E-state index contributed by atoms with van der Waals surface area (Å²) < 4.78 is 6.91. The molecule has 0 unspecified atom stereocenters. The van der Waals surface area contributed by atoms with Gasteiger partial charge in [-0.1, -0.05) is 11.6 Å². The van der Waals surface area contributed by atoms with Crippen LogP contribution in [0.15, 0.2) is 18.2 Å². The zero-order valence-electron chi connectivity index (χ0n) is 15.6. The Labute approximate surface area is 163 Å². The summed E-state index contributed by atoms with van der Waals surface area (Å²) in [4.78, 5) is 16.8. The third kappa shape index (κ3) is 5.11. The van der Waals surface area contributed by atoms with Gasteiger partial charge in [-0.3, -0.25) is 10.1 Å². The first-order valence-corrected chi connectivity index (χ1v) is 9.43. The summed E-state index contributed by atoms with van der Waals surface area (Å²) in [6.45, 7) is 2.40. The van der Waals surface area contributed by atoms with Gasteiger partial charge in [-0.05, 0) is 44.1 Å². The number of nitrogens with zero attached hydrogens (tertiary/aromatic N) is 3. The second-order valence-electron chi connectivity index (χ2n) is 6.51. The Hall–Kier alpha value is -2.32. The van der Waals surface area contributed by atoms with Gasteiger partial charge in [0.2, 0.25) is 11.9 Å². The van der Waals surface area contributed by atoms with Crippen LogP contribution < -0.4 is 20.7 Å². The first-order valence-electron chi connectivity index (χ1n) is 9.05. The standard InChI is InChI=1S/C18H25ClN6O2/c1-25-18(23-17(24-25)12-5-8-20-9-6-12)22-16(26)7-10-21-14-11-13(19)3-4-15(14)27-2/h3-4,11-12,20-21H,5-10H2,1-2H3,(H,22,23,24,26). The van der Waals surface area contributed by atoms with Crippen molar-refractivity contribution in [2.45, 2.75) is 25.2 Å². The van der Waals surface area contributed by atoms with Crippen LogP contribution in [0, 0.1) is 0 Å². The maximum atomic E-state index is 12.3. The topological polar surface area (TPSA) is 93.1 Å². The zero-order valence-corrected chi connectivity index (χ0v) is 16.3. The Bertz CT molecular complexity index is 788. The number of anilines is 2. The molecule has 9 heteroatoms. The minimum absolute atomic E-state index is 0.129. The summed E-state index contributed by atoms with van der Waals surface area (Å²) in [5.41, 5.74) is 0.754. The van der Waals surface area contributed by atoms with Gasteiger partial charge >= 0.3 is 0 Å². The van der Waals surface area contributed by atoms with Crippen LogP contribution in [0.3, 0.4) is 0 Å². The van der Waals surface area contributed by atoms with E-state index in [0.717, 1.165) is 37.4 Å². The minimum Gasteiger partial charge on any atom is -0.495 e. The fourth-order valence-electron chi connectivity index (χ4n) is 3.08. The van der Waals surface area contributed by atoms with Crippen molar-refractivity contribution in [2.75, 3.05) is 37.4 Å². The van der Waals surface area contributed by atoms with Gasteiger partial charge in [-0.2, -0.15) is 10.1 Å². The molecule has 0 bridgehead atoms. The lowest BCUT2D eigenvalue weighted by Crippen LogP contribution is -2.27. The molecule has 0 spiro atoms. The van der Waals surface area contributed by atoms with Crippen LogP contribution >= 0.6 is 11.6 Å². The van der Waals surface area contributed by atoms with Gasteiger partial charge in [0.15, 0.2) is 5.82 Å². The van der Waals surface area contributed by atoms with Gasteiger partial charge in [0.05, 0.1) is 12.8 Å². The molecule has 1 aliphatic rings. The van der Waals surface area contributed by atoms with E-state index in [-0.39, 0.29) is 12.3 Å². The molecular weight excluding hydrogens is 368 g/mol. The highest BCUT2D eigenvalue weighted by molar-refractivity contribution is 6.30. The lowest BCUT2D eigenvalue weighted by molar-refractivity contribution is -0.116. The third-order valence-electron chi connectivity index (χ3n) is 4.56. The molecule has 27 heavy (non-hydrogen) atoms. The predicted molar refractivity (Wildman–Crippen MR) is 106 cm³/mol. The van der Waals surface area contributed by atoms with E-state index in [1.54, 1.807) is 37.0 Å². The van der Waals surface area contributed by atoms with Crippen LogP contribution in [0.1, 0.15) is 31.0 Å². The molecule has 0 saturated carbocycles. The van der Waals surface area contributed by atoms with Crippen molar-refractivity contribution >= 4 is 29.1 Å². The van der Waals surface area contributed by atoms with Crippen molar-refractivity contribution in [3.8, 4) is 5.75 Å². The maximum absolute atomic E-state index is 12.3. The van der Waals surface area contributed by atoms with Gasteiger partial charge < -0.3 is 15.4 Å². The highest BCUT2D eigenvalue weighted by atomic mass is 35.5. The molecule has 1 fully saturated rings. The number of benzene rings is 1. The SMILES string of the molecule is COc1ccc(Cl)cc1NCCC(=O)Nc1nc(C2CCNCC2)nn1C. The molecule has 146 valence electrons. The fraction of sp³-hybridized carbons (Fsp3) is 0.500. The van der Waals surface area contributed by atoms with Gasteiger partial charge in [0.25, 0.3) is 0 Å². The number of nitrogens with one attached hydrogen (secondary N) is 3. The summed E-state index contributed by atoms with van der Waals surface area (Å²) in [5.74, 6) is 2.18.